The van der Waals surface area contributed by atoms with Gasteiger partial charge in [-0.15, -0.1) is 0 Å². The Bertz CT molecular complexity index is 349. The van der Waals surface area contributed by atoms with Gasteiger partial charge in [0.2, 0.25) is 5.91 Å². The molecule has 0 rings (SSSR count). The van der Waals surface area contributed by atoms with Crippen LogP contribution in [0.1, 0.15) is 41.0 Å². The second kappa shape index (κ2) is 5.66. The van der Waals surface area contributed by atoms with Crippen LogP contribution < -0.4 is 5.32 Å². The standard InChI is InChI=1S/C11H24N2O2S/c1-9(12-10(2)14)7-8-16(6,15)13-11(3,4)5/h9H,7-8H2,1-6H3,(H,12,14). The number of hydrogen-bond acceptors (Lipinski definition) is 3. The third-order valence-corrected chi connectivity index (χ3v) is 3.77. The van der Waals surface area contributed by atoms with Gasteiger partial charge in [0.05, 0.1) is 5.54 Å². The van der Waals surface area contributed by atoms with E-state index in [0.717, 1.165) is 0 Å². The summed E-state index contributed by atoms with van der Waals surface area (Å²) in [5.74, 6) is 0.467. The predicted octanol–water partition coefficient (Wildman–Crippen LogP) is 1.80. The van der Waals surface area contributed by atoms with E-state index in [2.05, 4.69) is 9.68 Å². The van der Waals surface area contributed by atoms with Crippen molar-refractivity contribution in [2.24, 2.45) is 4.36 Å². The van der Waals surface area contributed by atoms with Crippen molar-refractivity contribution in [3.8, 4) is 0 Å². The van der Waals surface area contributed by atoms with E-state index < -0.39 is 9.73 Å². The van der Waals surface area contributed by atoms with Crippen molar-refractivity contribution in [1.82, 2.24) is 5.32 Å². The Hall–Kier alpha value is -0.580. The number of rotatable bonds is 4. The second-order valence-corrected chi connectivity index (χ2v) is 7.83. The van der Waals surface area contributed by atoms with Crippen LogP contribution in [0.25, 0.3) is 0 Å². The molecule has 1 amide bonds. The molecule has 0 aliphatic heterocycles. The monoisotopic (exact) mass is 248 g/mol. The zero-order valence-electron chi connectivity index (χ0n) is 11.2. The molecule has 4 nitrogen and oxygen atoms in total. The minimum atomic E-state index is -2.15. The Morgan fingerprint density at radius 2 is 1.94 bits per heavy atom. The lowest BCUT2D eigenvalue weighted by molar-refractivity contribution is -0.119. The van der Waals surface area contributed by atoms with Gasteiger partial charge >= 0.3 is 0 Å². The first-order chi connectivity index (χ1) is 7.02. The Morgan fingerprint density at radius 1 is 1.44 bits per heavy atom. The van der Waals surface area contributed by atoms with Crippen molar-refractivity contribution in [3.05, 3.63) is 0 Å². The SMILES string of the molecule is CC(=O)NC(C)CCS(C)(=O)=NC(C)(C)C. The van der Waals surface area contributed by atoms with Crippen molar-refractivity contribution in [3.63, 3.8) is 0 Å². The summed E-state index contributed by atoms with van der Waals surface area (Å²) in [5, 5.41) is 2.77. The summed E-state index contributed by atoms with van der Waals surface area (Å²) in [5.41, 5.74) is -0.275. The van der Waals surface area contributed by atoms with Crippen LogP contribution in [0.3, 0.4) is 0 Å². The van der Waals surface area contributed by atoms with E-state index >= 15 is 0 Å². The lowest BCUT2D eigenvalue weighted by atomic mass is 10.1. The van der Waals surface area contributed by atoms with Crippen molar-refractivity contribution in [1.29, 1.82) is 0 Å². The van der Waals surface area contributed by atoms with Crippen LogP contribution in [0.15, 0.2) is 4.36 Å². The maximum Gasteiger partial charge on any atom is 0.217 e. The zero-order chi connectivity index (χ0) is 13.0. The summed E-state index contributed by atoms with van der Waals surface area (Å²) in [4.78, 5) is 10.8. The van der Waals surface area contributed by atoms with Crippen molar-refractivity contribution in [2.75, 3.05) is 12.0 Å². The number of carbonyl (C=O) groups excluding carboxylic acids is 1. The quantitative estimate of drug-likeness (QED) is 0.824. The molecule has 1 N–H and O–H groups in total. The highest BCUT2D eigenvalue weighted by molar-refractivity contribution is 7.92. The van der Waals surface area contributed by atoms with Gasteiger partial charge in [0.25, 0.3) is 0 Å². The van der Waals surface area contributed by atoms with Gasteiger partial charge in [-0.3, -0.25) is 9.00 Å². The largest absolute Gasteiger partial charge is 0.354 e. The number of amides is 1. The van der Waals surface area contributed by atoms with Crippen molar-refractivity contribution in [2.45, 2.75) is 52.6 Å². The first-order valence-electron chi connectivity index (χ1n) is 5.50. The summed E-state index contributed by atoms with van der Waals surface area (Å²) in [7, 11) is -2.15. The van der Waals surface area contributed by atoms with E-state index in [1.54, 1.807) is 6.26 Å². The molecule has 0 saturated heterocycles. The van der Waals surface area contributed by atoms with E-state index in [1.807, 2.05) is 27.7 Å². The average molecular weight is 248 g/mol. The fourth-order valence-corrected chi connectivity index (χ4v) is 3.48. The van der Waals surface area contributed by atoms with Crippen LogP contribution >= 0.6 is 0 Å². The maximum absolute atomic E-state index is 12.1. The minimum Gasteiger partial charge on any atom is -0.354 e. The molecule has 16 heavy (non-hydrogen) atoms. The molecule has 2 atom stereocenters. The van der Waals surface area contributed by atoms with Gasteiger partial charge in [-0.05, 0) is 34.1 Å². The van der Waals surface area contributed by atoms with Crippen LogP contribution in [0.4, 0.5) is 0 Å². The zero-order valence-corrected chi connectivity index (χ0v) is 12.0. The smallest absolute Gasteiger partial charge is 0.217 e. The molecule has 5 heteroatoms. The number of nitrogens with zero attached hydrogens (tertiary/aromatic N) is 1. The number of carbonyl (C=O) groups is 1. The molecule has 0 saturated carbocycles. The average Bonchev–Trinajstić information content (AvgIpc) is 1.95. The van der Waals surface area contributed by atoms with Gasteiger partial charge in [0.15, 0.2) is 0 Å². The molecule has 0 aromatic carbocycles. The van der Waals surface area contributed by atoms with E-state index in [0.29, 0.717) is 12.2 Å². The van der Waals surface area contributed by atoms with Crippen LogP contribution in [0.2, 0.25) is 0 Å². The van der Waals surface area contributed by atoms with Crippen molar-refractivity contribution < 1.29 is 9.00 Å². The highest BCUT2D eigenvalue weighted by Gasteiger charge is 2.13. The Balaban J connectivity index is 4.36. The van der Waals surface area contributed by atoms with Crippen molar-refractivity contribution >= 4 is 15.6 Å². The first kappa shape index (κ1) is 15.4. The minimum absolute atomic E-state index is 0.0495. The van der Waals surface area contributed by atoms with E-state index in [9.17, 15) is 9.00 Å². The molecule has 0 heterocycles. The molecule has 2 unspecified atom stereocenters. The van der Waals surface area contributed by atoms with E-state index in [4.69, 9.17) is 0 Å². The van der Waals surface area contributed by atoms with Gasteiger partial charge in [-0.1, -0.05) is 0 Å². The van der Waals surface area contributed by atoms with E-state index in [1.165, 1.54) is 6.92 Å². The normalized spacial score (nSPS) is 17.4. The van der Waals surface area contributed by atoms with E-state index in [-0.39, 0.29) is 17.5 Å². The molecule has 0 aromatic rings. The summed E-state index contributed by atoms with van der Waals surface area (Å²) in [6.45, 7) is 9.21. The Kier molecular flexibility index (Phi) is 5.46. The fraction of sp³-hybridized carbons (Fsp3) is 0.909. The van der Waals surface area contributed by atoms with Crippen LogP contribution in [0, 0.1) is 0 Å². The molecule has 0 aliphatic carbocycles. The summed E-state index contributed by atoms with van der Waals surface area (Å²) in [6.07, 6.45) is 2.37. The lowest BCUT2D eigenvalue weighted by Crippen LogP contribution is -2.32. The maximum atomic E-state index is 12.1. The van der Waals surface area contributed by atoms with Gasteiger partial charge in [0, 0.05) is 34.7 Å². The number of nitrogens with one attached hydrogen (secondary N) is 1. The van der Waals surface area contributed by atoms with Gasteiger partial charge in [-0.2, -0.15) is 0 Å². The summed E-state index contributed by atoms with van der Waals surface area (Å²) in [6, 6.07) is 0.0495. The van der Waals surface area contributed by atoms with Gasteiger partial charge in [-0.25, -0.2) is 4.36 Å². The van der Waals surface area contributed by atoms with Gasteiger partial charge in [0.1, 0.15) is 0 Å². The molecule has 0 radical (unpaired) electrons. The molecular formula is C11H24N2O2S. The van der Waals surface area contributed by atoms with Crippen LogP contribution in [-0.4, -0.2) is 33.7 Å². The summed E-state index contributed by atoms with van der Waals surface area (Å²) >= 11 is 0. The van der Waals surface area contributed by atoms with Crippen LogP contribution in [-0.2, 0) is 14.5 Å². The molecular weight excluding hydrogens is 224 g/mol. The molecule has 0 bridgehead atoms. The van der Waals surface area contributed by atoms with Gasteiger partial charge < -0.3 is 5.32 Å². The fourth-order valence-electron chi connectivity index (χ4n) is 1.44. The van der Waals surface area contributed by atoms with Crippen LogP contribution in [0.5, 0.6) is 0 Å². The molecule has 96 valence electrons. The molecule has 0 aromatic heterocycles. The lowest BCUT2D eigenvalue weighted by Gasteiger charge is -2.17. The third kappa shape index (κ3) is 8.71. The second-order valence-electron chi connectivity index (χ2n) is 5.32. The molecule has 0 fully saturated rings. The first-order valence-corrected chi connectivity index (χ1v) is 7.59. The Morgan fingerprint density at radius 3 is 2.31 bits per heavy atom. The highest BCUT2D eigenvalue weighted by Crippen LogP contribution is 2.11. The summed E-state index contributed by atoms with van der Waals surface area (Å²) < 4.78 is 16.4. The predicted molar refractivity (Wildman–Crippen MR) is 69.0 cm³/mol. The topological polar surface area (TPSA) is 58.5 Å². The number of hydrogen-bond donors (Lipinski definition) is 1. The Labute approximate surface area is 99.4 Å². The molecule has 0 spiro atoms. The molecule has 0 aliphatic rings. The third-order valence-electron chi connectivity index (χ3n) is 1.85. The highest BCUT2D eigenvalue weighted by atomic mass is 32.2.